The molecule has 0 aliphatic heterocycles. The molecule has 24 heavy (non-hydrogen) atoms. The lowest BCUT2D eigenvalue weighted by Gasteiger charge is -2.04. The molecule has 0 aliphatic rings. The number of hydrogen-bond acceptors (Lipinski definition) is 2. The largest absolute Gasteiger partial charge is 0.448 e. The molecule has 0 N–H and O–H groups in total. The highest BCUT2D eigenvalue weighted by Crippen LogP contribution is 2.13. The summed E-state index contributed by atoms with van der Waals surface area (Å²) in [6, 6.07) is 0. The Bertz CT molecular complexity index is 290. The van der Waals surface area contributed by atoms with Gasteiger partial charge in [0, 0.05) is 6.21 Å². The zero-order chi connectivity index (χ0) is 17.7. The number of aliphatic imine (C=N–C) groups is 1. The highest BCUT2D eigenvalue weighted by molar-refractivity contribution is 5.78. The molecule has 0 rings (SSSR count). The zero-order valence-electron chi connectivity index (χ0n) is 16.4. The summed E-state index contributed by atoms with van der Waals surface area (Å²) < 4.78 is 4.96. The van der Waals surface area contributed by atoms with Gasteiger partial charge in [-0.25, -0.2) is 4.79 Å². The number of ether oxygens (including phenoxy) is 1. The van der Waals surface area contributed by atoms with E-state index in [1.54, 1.807) is 6.92 Å². The Hall–Kier alpha value is -0.860. The molecule has 0 bridgehead atoms. The van der Waals surface area contributed by atoms with Gasteiger partial charge in [-0.15, -0.1) is 0 Å². The van der Waals surface area contributed by atoms with E-state index in [1.807, 2.05) is 0 Å². The molecule has 1 amide bonds. The highest BCUT2D eigenvalue weighted by Gasteiger charge is 1.97. The van der Waals surface area contributed by atoms with Gasteiger partial charge in [0.25, 0.3) is 0 Å². The molecular formula is C21H41NO2. The Balaban J connectivity index is 3.04. The van der Waals surface area contributed by atoms with Gasteiger partial charge in [-0.1, -0.05) is 103 Å². The van der Waals surface area contributed by atoms with E-state index in [0.29, 0.717) is 6.61 Å². The maximum absolute atomic E-state index is 11.0. The summed E-state index contributed by atoms with van der Waals surface area (Å²) in [7, 11) is 0. The van der Waals surface area contributed by atoms with E-state index in [9.17, 15) is 4.79 Å². The molecule has 3 nitrogen and oxygen atoms in total. The predicted octanol–water partition coefficient (Wildman–Crippen LogP) is 7.48. The van der Waals surface area contributed by atoms with Crippen LogP contribution in [0.2, 0.25) is 0 Å². The second kappa shape index (κ2) is 20.2. The van der Waals surface area contributed by atoms with Crippen molar-refractivity contribution in [2.24, 2.45) is 4.99 Å². The second-order valence-corrected chi connectivity index (χ2v) is 6.80. The Morgan fingerprint density at radius 1 is 0.708 bits per heavy atom. The third kappa shape index (κ3) is 19.2. The monoisotopic (exact) mass is 339 g/mol. The van der Waals surface area contributed by atoms with Crippen molar-refractivity contribution >= 4 is 12.3 Å². The first-order valence-corrected chi connectivity index (χ1v) is 10.5. The summed E-state index contributed by atoms with van der Waals surface area (Å²) in [5, 5.41) is 0. The molecule has 0 saturated heterocycles. The average molecular weight is 340 g/mol. The number of carbonyl (C=O) groups is 1. The normalized spacial score (nSPS) is 11.2. The van der Waals surface area contributed by atoms with Crippen molar-refractivity contribution < 1.29 is 9.53 Å². The van der Waals surface area contributed by atoms with E-state index in [0.717, 1.165) is 12.8 Å². The van der Waals surface area contributed by atoms with Gasteiger partial charge in [0.2, 0.25) is 0 Å². The summed E-state index contributed by atoms with van der Waals surface area (Å²) in [6.07, 6.45) is 22.7. The Morgan fingerprint density at radius 2 is 1.08 bits per heavy atom. The minimum Gasteiger partial charge on any atom is -0.448 e. The number of nitrogens with zero attached hydrogens (tertiary/aromatic N) is 1. The Kier molecular flexibility index (Phi) is 19.5. The van der Waals surface area contributed by atoms with Gasteiger partial charge < -0.3 is 4.74 Å². The maximum Gasteiger partial charge on any atom is 0.433 e. The van der Waals surface area contributed by atoms with Crippen LogP contribution in [0.1, 0.15) is 117 Å². The number of hydrogen-bond donors (Lipinski definition) is 0. The standard InChI is InChI=1S/C21H41NO2/c1-3-5-6-7-8-9-10-11-12-13-14-15-16-17-18-19-20-24-21(23)22-4-2/h4H,3,5-20H2,1-2H3. The van der Waals surface area contributed by atoms with E-state index in [4.69, 9.17) is 4.74 Å². The molecule has 0 fully saturated rings. The quantitative estimate of drug-likeness (QED) is 0.203. The van der Waals surface area contributed by atoms with Crippen molar-refractivity contribution in [2.45, 2.75) is 117 Å². The predicted molar refractivity (Wildman–Crippen MR) is 105 cm³/mol. The van der Waals surface area contributed by atoms with Crippen LogP contribution in [0.3, 0.4) is 0 Å². The van der Waals surface area contributed by atoms with E-state index in [2.05, 4.69) is 11.9 Å². The number of rotatable bonds is 17. The fourth-order valence-electron chi connectivity index (χ4n) is 2.95. The summed E-state index contributed by atoms with van der Waals surface area (Å²) >= 11 is 0. The summed E-state index contributed by atoms with van der Waals surface area (Å²) in [5.74, 6) is 0. The molecule has 0 aromatic heterocycles. The first kappa shape index (κ1) is 23.1. The van der Waals surface area contributed by atoms with Gasteiger partial charge >= 0.3 is 6.09 Å². The first-order chi connectivity index (χ1) is 11.8. The molecule has 3 heteroatoms. The van der Waals surface area contributed by atoms with Crippen LogP contribution in [0.5, 0.6) is 0 Å². The van der Waals surface area contributed by atoms with E-state index < -0.39 is 6.09 Å². The molecule has 0 atom stereocenters. The second-order valence-electron chi connectivity index (χ2n) is 6.80. The van der Waals surface area contributed by atoms with Crippen molar-refractivity contribution in [3.63, 3.8) is 0 Å². The lowest BCUT2D eigenvalue weighted by atomic mass is 10.0. The molecule has 0 spiro atoms. The van der Waals surface area contributed by atoms with Crippen LogP contribution in [-0.2, 0) is 4.74 Å². The van der Waals surface area contributed by atoms with Crippen molar-refractivity contribution in [3.05, 3.63) is 0 Å². The number of carbonyl (C=O) groups excluding carboxylic acids is 1. The Morgan fingerprint density at radius 3 is 1.46 bits per heavy atom. The van der Waals surface area contributed by atoms with Gasteiger partial charge in [0.05, 0.1) is 6.61 Å². The van der Waals surface area contributed by atoms with Gasteiger partial charge in [-0.05, 0) is 13.3 Å². The lowest BCUT2D eigenvalue weighted by Crippen LogP contribution is -2.00. The van der Waals surface area contributed by atoms with Gasteiger partial charge in [-0.2, -0.15) is 4.99 Å². The summed E-state index contributed by atoms with van der Waals surface area (Å²) in [4.78, 5) is 14.5. The van der Waals surface area contributed by atoms with Crippen molar-refractivity contribution in [2.75, 3.05) is 6.61 Å². The first-order valence-electron chi connectivity index (χ1n) is 10.5. The molecule has 0 aliphatic carbocycles. The van der Waals surface area contributed by atoms with E-state index in [-0.39, 0.29) is 0 Å². The van der Waals surface area contributed by atoms with Crippen LogP contribution < -0.4 is 0 Å². The molecule has 142 valence electrons. The van der Waals surface area contributed by atoms with Crippen molar-refractivity contribution in [1.29, 1.82) is 0 Å². The van der Waals surface area contributed by atoms with Gasteiger partial charge in [-0.3, -0.25) is 0 Å². The highest BCUT2D eigenvalue weighted by atomic mass is 16.5. The molecule has 0 aromatic rings. The SMILES string of the molecule is CC=NC(=O)OCCCCCCCCCCCCCCCCCC. The minimum atomic E-state index is -0.460. The van der Waals surface area contributed by atoms with Crippen molar-refractivity contribution in [3.8, 4) is 0 Å². The third-order valence-electron chi connectivity index (χ3n) is 4.46. The van der Waals surface area contributed by atoms with Crippen molar-refractivity contribution in [1.82, 2.24) is 0 Å². The zero-order valence-corrected chi connectivity index (χ0v) is 16.4. The van der Waals surface area contributed by atoms with E-state index >= 15 is 0 Å². The molecule has 0 radical (unpaired) electrons. The average Bonchev–Trinajstić information content (AvgIpc) is 2.58. The van der Waals surface area contributed by atoms with E-state index in [1.165, 1.54) is 96.1 Å². The number of amides is 1. The number of unbranched alkanes of at least 4 members (excludes halogenated alkanes) is 15. The van der Waals surface area contributed by atoms with Gasteiger partial charge in [0.1, 0.15) is 0 Å². The van der Waals surface area contributed by atoms with Crippen LogP contribution in [0.25, 0.3) is 0 Å². The molecule has 0 unspecified atom stereocenters. The van der Waals surface area contributed by atoms with Crippen LogP contribution in [0.4, 0.5) is 4.79 Å². The summed E-state index contributed by atoms with van der Waals surface area (Å²) in [6.45, 7) is 4.51. The van der Waals surface area contributed by atoms with Gasteiger partial charge in [0.15, 0.2) is 0 Å². The fraction of sp³-hybridized carbons (Fsp3) is 0.905. The molecular weight excluding hydrogens is 298 g/mol. The van der Waals surface area contributed by atoms with Crippen LogP contribution in [0.15, 0.2) is 4.99 Å². The Labute approximate surface area is 150 Å². The molecule has 0 saturated carbocycles. The maximum atomic E-state index is 11.0. The lowest BCUT2D eigenvalue weighted by molar-refractivity contribution is 0.155. The molecule has 0 aromatic carbocycles. The van der Waals surface area contributed by atoms with Crippen LogP contribution >= 0.6 is 0 Å². The summed E-state index contributed by atoms with van der Waals surface area (Å²) in [5.41, 5.74) is 0. The minimum absolute atomic E-state index is 0.460. The van der Waals surface area contributed by atoms with Crippen LogP contribution in [0, 0.1) is 0 Å². The fourth-order valence-corrected chi connectivity index (χ4v) is 2.95. The third-order valence-corrected chi connectivity index (χ3v) is 4.46. The molecule has 0 heterocycles. The van der Waals surface area contributed by atoms with Crippen LogP contribution in [-0.4, -0.2) is 18.9 Å². The topological polar surface area (TPSA) is 38.7 Å². The smallest absolute Gasteiger partial charge is 0.433 e.